The van der Waals surface area contributed by atoms with Crippen LogP contribution in [0.3, 0.4) is 0 Å². The zero-order chi connectivity index (χ0) is 26.4. The van der Waals surface area contributed by atoms with Crippen molar-refractivity contribution in [2.45, 2.75) is 33.7 Å². The van der Waals surface area contributed by atoms with E-state index < -0.39 is 0 Å². The van der Waals surface area contributed by atoms with Crippen LogP contribution in [-0.4, -0.2) is 30.1 Å². The molecule has 4 aromatic carbocycles. The fraction of sp³-hybridized carbons (Fsp3) is 0.226. The van der Waals surface area contributed by atoms with Crippen molar-refractivity contribution in [3.05, 3.63) is 101 Å². The van der Waals surface area contributed by atoms with Gasteiger partial charge in [-0.1, -0.05) is 60.2 Å². The molecule has 2 N–H and O–H groups in total. The lowest BCUT2D eigenvalue weighted by Gasteiger charge is -2.22. The molecule has 0 aromatic heterocycles. The summed E-state index contributed by atoms with van der Waals surface area (Å²) in [4.78, 5) is 26.9. The Bertz CT molecular complexity index is 1420. The molecule has 0 fully saturated rings. The number of nitrogens with one attached hydrogen (secondary N) is 1. The zero-order valence-electron chi connectivity index (χ0n) is 21.5. The van der Waals surface area contributed by atoms with E-state index in [9.17, 15) is 14.7 Å². The van der Waals surface area contributed by atoms with E-state index in [4.69, 9.17) is 4.74 Å². The van der Waals surface area contributed by atoms with Gasteiger partial charge >= 0.3 is 0 Å². The summed E-state index contributed by atoms with van der Waals surface area (Å²) in [6, 6.07) is 24.5. The van der Waals surface area contributed by atoms with Crippen LogP contribution in [0.2, 0.25) is 0 Å². The van der Waals surface area contributed by atoms with Gasteiger partial charge in [-0.15, -0.1) is 0 Å². The van der Waals surface area contributed by atoms with Crippen LogP contribution in [0.5, 0.6) is 11.5 Å². The molecule has 0 aliphatic carbocycles. The van der Waals surface area contributed by atoms with Crippen molar-refractivity contribution in [2.24, 2.45) is 0 Å². The smallest absolute Gasteiger partial charge is 0.255 e. The lowest BCUT2D eigenvalue weighted by atomic mass is 9.99. The fourth-order valence-electron chi connectivity index (χ4n) is 4.40. The van der Waals surface area contributed by atoms with Gasteiger partial charge in [0.15, 0.2) is 0 Å². The highest BCUT2D eigenvalue weighted by Gasteiger charge is 2.17. The Hall–Kier alpha value is -4.32. The van der Waals surface area contributed by atoms with Crippen molar-refractivity contribution in [3.63, 3.8) is 0 Å². The predicted molar refractivity (Wildman–Crippen MR) is 147 cm³/mol. The zero-order valence-corrected chi connectivity index (χ0v) is 21.5. The van der Waals surface area contributed by atoms with Gasteiger partial charge in [0.25, 0.3) is 5.91 Å². The molecule has 0 unspecified atom stereocenters. The van der Waals surface area contributed by atoms with Gasteiger partial charge in [0.05, 0.1) is 18.7 Å². The van der Waals surface area contributed by atoms with Crippen LogP contribution in [-0.2, 0) is 11.3 Å². The minimum Gasteiger partial charge on any atom is -0.506 e. The van der Waals surface area contributed by atoms with Crippen molar-refractivity contribution in [2.75, 3.05) is 18.1 Å². The molecule has 0 radical (unpaired) electrons. The van der Waals surface area contributed by atoms with E-state index in [1.165, 1.54) is 12.5 Å². The molecule has 0 spiro atoms. The number of para-hydroxylation sites is 1. The van der Waals surface area contributed by atoms with Crippen molar-refractivity contribution in [1.82, 2.24) is 5.32 Å². The molecule has 0 bridgehead atoms. The number of ether oxygens (including phenoxy) is 1. The Balaban J connectivity index is 1.42. The van der Waals surface area contributed by atoms with Crippen LogP contribution in [0.1, 0.15) is 40.4 Å². The number of hydrogen-bond acceptors (Lipinski definition) is 4. The standard InChI is InChI=1S/C31H32N2O4/c1-21-13-16-29(22(2)19-21)37-18-8-17-32-31(36)28-15-14-26-24(9-7-12-27(26)30(28)35)20-33(23(3)34)25-10-5-4-6-11-25/h4-7,9-16,19,35H,8,17-18,20H2,1-3H3,(H,32,36). The molecule has 0 atom stereocenters. The highest BCUT2D eigenvalue weighted by atomic mass is 16.5. The van der Waals surface area contributed by atoms with E-state index >= 15 is 0 Å². The second kappa shape index (κ2) is 11.6. The first-order chi connectivity index (χ1) is 17.8. The van der Waals surface area contributed by atoms with Crippen molar-refractivity contribution >= 4 is 28.3 Å². The molecule has 190 valence electrons. The van der Waals surface area contributed by atoms with Crippen molar-refractivity contribution < 1.29 is 19.4 Å². The van der Waals surface area contributed by atoms with E-state index in [0.29, 0.717) is 31.5 Å². The van der Waals surface area contributed by atoms with Gasteiger partial charge < -0.3 is 20.1 Å². The monoisotopic (exact) mass is 496 g/mol. The first-order valence-electron chi connectivity index (χ1n) is 12.4. The average molecular weight is 497 g/mol. The SMILES string of the molecule is CC(=O)N(Cc1cccc2c(O)c(C(=O)NCCCOc3ccc(C)cc3C)ccc12)c1ccccc1. The summed E-state index contributed by atoms with van der Waals surface area (Å²) in [7, 11) is 0. The number of carbonyl (C=O) groups is 2. The number of nitrogens with zero attached hydrogens (tertiary/aromatic N) is 1. The van der Waals surface area contributed by atoms with E-state index in [-0.39, 0.29) is 23.1 Å². The lowest BCUT2D eigenvalue weighted by molar-refractivity contribution is -0.116. The third-order valence-electron chi connectivity index (χ3n) is 6.34. The molecule has 6 nitrogen and oxygen atoms in total. The van der Waals surface area contributed by atoms with E-state index in [1.807, 2.05) is 74.5 Å². The molecule has 0 saturated carbocycles. The topological polar surface area (TPSA) is 78.9 Å². The number of amides is 2. The molecule has 0 aliphatic heterocycles. The molecule has 4 rings (SSSR count). The Morgan fingerprint density at radius 1 is 0.919 bits per heavy atom. The number of phenolic OH excluding ortho intramolecular Hbond substituents is 1. The van der Waals surface area contributed by atoms with E-state index in [2.05, 4.69) is 11.4 Å². The first kappa shape index (κ1) is 25.8. The number of hydrogen-bond donors (Lipinski definition) is 2. The van der Waals surface area contributed by atoms with Crippen LogP contribution < -0.4 is 15.0 Å². The summed E-state index contributed by atoms with van der Waals surface area (Å²) in [6.07, 6.45) is 0.637. The van der Waals surface area contributed by atoms with Crippen LogP contribution >= 0.6 is 0 Å². The van der Waals surface area contributed by atoms with Gasteiger partial charge in [0.1, 0.15) is 11.5 Å². The minimum atomic E-state index is -0.342. The first-order valence-corrected chi connectivity index (χ1v) is 12.4. The summed E-state index contributed by atoms with van der Waals surface area (Å²) >= 11 is 0. The normalized spacial score (nSPS) is 10.8. The number of phenols is 1. The number of fused-ring (bicyclic) bond motifs is 1. The molecule has 0 aliphatic rings. The molecule has 0 saturated heterocycles. The molecule has 0 heterocycles. The van der Waals surface area contributed by atoms with Crippen molar-refractivity contribution in [3.8, 4) is 11.5 Å². The van der Waals surface area contributed by atoms with Gasteiger partial charge in [-0.05, 0) is 61.0 Å². The minimum absolute atomic E-state index is 0.0718. The number of aryl methyl sites for hydroxylation is 2. The van der Waals surface area contributed by atoms with Gasteiger partial charge in [0.2, 0.25) is 5.91 Å². The Kier molecular flexibility index (Phi) is 8.08. The van der Waals surface area contributed by atoms with Gasteiger partial charge in [-0.2, -0.15) is 0 Å². The van der Waals surface area contributed by atoms with Gasteiger partial charge in [-0.3, -0.25) is 9.59 Å². The third kappa shape index (κ3) is 6.09. The summed E-state index contributed by atoms with van der Waals surface area (Å²) in [5.41, 5.74) is 4.16. The highest BCUT2D eigenvalue weighted by molar-refractivity contribution is 6.04. The van der Waals surface area contributed by atoms with E-state index in [1.54, 1.807) is 17.0 Å². The number of rotatable bonds is 9. The molecule has 4 aromatic rings. The third-order valence-corrected chi connectivity index (χ3v) is 6.34. The van der Waals surface area contributed by atoms with Crippen LogP contribution in [0, 0.1) is 13.8 Å². The van der Waals surface area contributed by atoms with Gasteiger partial charge in [0, 0.05) is 24.5 Å². The molecule has 6 heteroatoms. The highest BCUT2D eigenvalue weighted by Crippen LogP contribution is 2.32. The molecular weight excluding hydrogens is 464 g/mol. The predicted octanol–water partition coefficient (Wildman–Crippen LogP) is 5.91. The fourth-order valence-corrected chi connectivity index (χ4v) is 4.40. The number of benzene rings is 4. The summed E-state index contributed by atoms with van der Waals surface area (Å²) < 4.78 is 5.83. The Morgan fingerprint density at radius 2 is 1.70 bits per heavy atom. The van der Waals surface area contributed by atoms with Crippen molar-refractivity contribution in [1.29, 1.82) is 0 Å². The van der Waals surface area contributed by atoms with Crippen LogP contribution in [0.15, 0.2) is 78.9 Å². The largest absolute Gasteiger partial charge is 0.506 e. The summed E-state index contributed by atoms with van der Waals surface area (Å²) in [5.74, 6) is 0.351. The van der Waals surface area contributed by atoms with Crippen LogP contribution in [0.25, 0.3) is 10.8 Å². The lowest BCUT2D eigenvalue weighted by Crippen LogP contribution is -2.27. The maximum atomic E-state index is 12.8. The maximum absolute atomic E-state index is 12.8. The Labute approximate surface area is 217 Å². The number of anilines is 1. The van der Waals surface area contributed by atoms with E-state index in [0.717, 1.165) is 28.0 Å². The number of carbonyl (C=O) groups excluding carboxylic acids is 2. The molecular formula is C31H32N2O4. The second-order valence-corrected chi connectivity index (χ2v) is 9.14. The average Bonchev–Trinajstić information content (AvgIpc) is 2.88. The quantitative estimate of drug-likeness (QED) is 0.282. The number of aromatic hydroxyl groups is 1. The Morgan fingerprint density at radius 3 is 2.43 bits per heavy atom. The van der Waals surface area contributed by atoms with Crippen LogP contribution in [0.4, 0.5) is 5.69 Å². The summed E-state index contributed by atoms with van der Waals surface area (Å²) in [6.45, 7) is 6.84. The maximum Gasteiger partial charge on any atom is 0.255 e. The molecule has 37 heavy (non-hydrogen) atoms. The van der Waals surface area contributed by atoms with Gasteiger partial charge in [-0.25, -0.2) is 0 Å². The summed E-state index contributed by atoms with van der Waals surface area (Å²) in [5, 5.41) is 15.2. The second-order valence-electron chi connectivity index (χ2n) is 9.14. The molecule has 2 amide bonds.